The zero-order chi connectivity index (χ0) is 20.4. The van der Waals surface area contributed by atoms with E-state index >= 15 is 0 Å². The number of allylic oxidation sites excluding steroid dienone is 1. The SMILES string of the molecule is CCOC(=O)C1=C(C)N(c2ccc(C)cc2)C(=O)/C1=C/c1ccc(Cl)cc1Cl. The summed E-state index contributed by atoms with van der Waals surface area (Å²) in [5.41, 5.74) is 3.34. The molecule has 1 amide bonds. The van der Waals surface area contributed by atoms with Crippen LogP contribution in [0, 0.1) is 6.92 Å². The third kappa shape index (κ3) is 3.84. The zero-order valence-corrected chi connectivity index (χ0v) is 17.3. The Bertz CT molecular complexity index is 1010. The van der Waals surface area contributed by atoms with E-state index in [0.717, 1.165) is 5.56 Å². The molecule has 2 aromatic rings. The van der Waals surface area contributed by atoms with E-state index in [0.29, 0.717) is 27.0 Å². The van der Waals surface area contributed by atoms with Crippen LogP contribution in [0.15, 0.2) is 59.3 Å². The van der Waals surface area contributed by atoms with Crippen LogP contribution >= 0.6 is 23.2 Å². The predicted molar refractivity (Wildman–Crippen MR) is 112 cm³/mol. The van der Waals surface area contributed by atoms with Gasteiger partial charge in [0.05, 0.1) is 17.8 Å². The Kier molecular flexibility index (Phi) is 5.92. The number of halogens is 2. The number of ether oxygens (including phenoxy) is 1. The topological polar surface area (TPSA) is 46.6 Å². The molecule has 2 aromatic carbocycles. The van der Waals surface area contributed by atoms with Gasteiger partial charge in [-0.15, -0.1) is 0 Å². The lowest BCUT2D eigenvalue weighted by Gasteiger charge is -2.18. The summed E-state index contributed by atoms with van der Waals surface area (Å²) in [5.74, 6) is -0.852. The fourth-order valence-electron chi connectivity index (χ4n) is 3.06. The van der Waals surface area contributed by atoms with Gasteiger partial charge in [-0.2, -0.15) is 0 Å². The van der Waals surface area contributed by atoms with Crippen molar-refractivity contribution in [2.24, 2.45) is 0 Å². The molecule has 0 atom stereocenters. The third-order valence-corrected chi connectivity index (χ3v) is 5.00. The Morgan fingerprint density at radius 3 is 2.39 bits per heavy atom. The molecule has 0 saturated heterocycles. The minimum atomic E-state index is -0.542. The van der Waals surface area contributed by atoms with E-state index < -0.39 is 5.97 Å². The van der Waals surface area contributed by atoms with Gasteiger partial charge in [0.2, 0.25) is 0 Å². The second kappa shape index (κ2) is 8.21. The fourth-order valence-corrected chi connectivity index (χ4v) is 3.52. The van der Waals surface area contributed by atoms with Crippen molar-refractivity contribution in [2.75, 3.05) is 11.5 Å². The molecule has 3 rings (SSSR count). The van der Waals surface area contributed by atoms with E-state index in [2.05, 4.69) is 0 Å². The first-order valence-corrected chi connectivity index (χ1v) is 9.55. The first kappa shape index (κ1) is 20.2. The summed E-state index contributed by atoms with van der Waals surface area (Å²) in [6, 6.07) is 12.5. The molecule has 0 bridgehead atoms. The molecule has 6 heteroatoms. The summed E-state index contributed by atoms with van der Waals surface area (Å²) in [5, 5.41) is 0.881. The lowest BCUT2D eigenvalue weighted by atomic mass is 10.0. The van der Waals surface area contributed by atoms with Gasteiger partial charge in [0.25, 0.3) is 5.91 Å². The molecular weight excluding hydrogens is 397 g/mol. The van der Waals surface area contributed by atoms with E-state index in [1.54, 1.807) is 38.1 Å². The predicted octanol–water partition coefficient (Wildman–Crippen LogP) is 5.57. The average molecular weight is 416 g/mol. The summed E-state index contributed by atoms with van der Waals surface area (Å²) in [6.07, 6.45) is 1.60. The van der Waals surface area contributed by atoms with Gasteiger partial charge in [-0.3, -0.25) is 9.69 Å². The smallest absolute Gasteiger partial charge is 0.340 e. The molecule has 0 radical (unpaired) electrons. The average Bonchev–Trinajstić information content (AvgIpc) is 2.89. The van der Waals surface area contributed by atoms with Crippen molar-refractivity contribution in [1.29, 1.82) is 0 Å². The van der Waals surface area contributed by atoms with Crippen LogP contribution in [0.25, 0.3) is 6.08 Å². The number of rotatable bonds is 4. The van der Waals surface area contributed by atoms with Crippen LogP contribution in [0.1, 0.15) is 25.0 Å². The number of carbonyl (C=O) groups excluding carboxylic acids is 2. The number of carbonyl (C=O) groups is 2. The highest BCUT2D eigenvalue weighted by Gasteiger charge is 2.38. The normalized spacial score (nSPS) is 15.5. The Hall–Kier alpha value is -2.56. The summed E-state index contributed by atoms with van der Waals surface area (Å²) in [7, 11) is 0. The van der Waals surface area contributed by atoms with Crippen LogP contribution in [0.4, 0.5) is 5.69 Å². The van der Waals surface area contributed by atoms with Crippen LogP contribution in [-0.4, -0.2) is 18.5 Å². The second-order valence-corrected chi connectivity index (χ2v) is 7.22. The molecule has 1 heterocycles. The standard InChI is InChI=1S/C22H19Cl2NO3/c1-4-28-22(27)20-14(3)25(17-9-5-13(2)6-10-17)21(26)18(20)11-15-7-8-16(23)12-19(15)24/h5-12H,4H2,1-3H3/b18-11+. The molecule has 144 valence electrons. The number of benzene rings is 2. The van der Waals surface area contributed by atoms with Gasteiger partial charge < -0.3 is 4.74 Å². The molecule has 0 saturated carbocycles. The maximum Gasteiger partial charge on any atom is 0.340 e. The number of esters is 1. The van der Waals surface area contributed by atoms with E-state index in [4.69, 9.17) is 27.9 Å². The van der Waals surface area contributed by atoms with E-state index in [1.807, 2.05) is 31.2 Å². The van der Waals surface area contributed by atoms with Crippen molar-refractivity contribution >= 4 is 46.8 Å². The largest absolute Gasteiger partial charge is 0.462 e. The number of hydrogen-bond acceptors (Lipinski definition) is 3. The van der Waals surface area contributed by atoms with Crippen molar-refractivity contribution in [3.8, 4) is 0 Å². The van der Waals surface area contributed by atoms with Crippen LogP contribution < -0.4 is 4.90 Å². The van der Waals surface area contributed by atoms with Crippen LogP contribution in [0.2, 0.25) is 10.0 Å². The van der Waals surface area contributed by atoms with Crippen LogP contribution in [0.3, 0.4) is 0 Å². The highest BCUT2D eigenvalue weighted by Crippen LogP contribution is 2.36. The number of amides is 1. The van der Waals surface area contributed by atoms with Crippen molar-refractivity contribution < 1.29 is 14.3 Å². The Morgan fingerprint density at radius 2 is 1.79 bits per heavy atom. The summed E-state index contributed by atoms with van der Waals surface area (Å²) < 4.78 is 5.19. The molecule has 4 nitrogen and oxygen atoms in total. The highest BCUT2D eigenvalue weighted by atomic mass is 35.5. The quantitative estimate of drug-likeness (QED) is 0.484. The number of aryl methyl sites for hydroxylation is 1. The van der Waals surface area contributed by atoms with Crippen LogP contribution in [-0.2, 0) is 14.3 Å². The van der Waals surface area contributed by atoms with Gasteiger partial charge in [0, 0.05) is 21.4 Å². The number of hydrogen-bond donors (Lipinski definition) is 0. The van der Waals surface area contributed by atoms with Gasteiger partial charge in [-0.05, 0) is 56.7 Å². The molecule has 28 heavy (non-hydrogen) atoms. The van der Waals surface area contributed by atoms with E-state index in [9.17, 15) is 9.59 Å². The van der Waals surface area contributed by atoms with Gasteiger partial charge >= 0.3 is 5.97 Å². The minimum Gasteiger partial charge on any atom is -0.462 e. The second-order valence-electron chi connectivity index (χ2n) is 6.38. The third-order valence-electron chi connectivity index (χ3n) is 4.43. The summed E-state index contributed by atoms with van der Waals surface area (Å²) >= 11 is 12.2. The Labute approximate surface area is 174 Å². The van der Waals surface area contributed by atoms with Gasteiger partial charge in [-0.25, -0.2) is 4.79 Å². The van der Waals surface area contributed by atoms with Crippen LogP contribution in [0.5, 0.6) is 0 Å². The molecule has 0 fully saturated rings. The first-order valence-electron chi connectivity index (χ1n) is 8.79. The lowest BCUT2D eigenvalue weighted by molar-refractivity contribution is -0.138. The van der Waals surface area contributed by atoms with E-state index in [1.165, 1.54) is 4.90 Å². The maximum atomic E-state index is 13.2. The highest BCUT2D eigenvalue weighted by molar-refractivity contribution is 6.36. The minimum absolute atomic E-state index is 0.212. The fraction of sp³-hybridized carbons (Fsp3) is 0.182. The summed E-state index contributed by atoms with van der Waals surface area (Å²) in [6.45, 7) is 5.63. The summed E-state index contributed by atoms with van der Waals surface area (Å²) in [4.78, 5) is 27.4. The number of anilines is 1. The zero-order valence-electron chi connectivity index (χ0n) is 15.8. The molecule has 1 aliphatic heterocycles. The first-order chi connectivity index (χ1) is 13.3. The molecule has 0 spiro atoms. The van der Waals surface area contributed by atoms with Crippen molar-refractivity contribution in [3.05, 3.63) is 80.5 Å². The van der Waals surface area contributed by atoms with E-state index in [-0.39, 0.29) is 23.7 Å². The molecule has 0 unspecified atom stereocenters. The van der Waals surface area contributed by atoms with Crippen molar-refractivity contribution in [2.45, 2.75) is 20.8 Å². The van der Waals surface area contributed by atoms with Gasteiger partial charge in [0.15, 0.2) is 0 Å². The van der Waals surface area contributed by atoms with Crippen molar-refractivity contribution in [3.63, 3.8) is 0 Å². The Morgan fingerprint density at radius 1 is 1.11 bits per heavy atom. The number of nitrogens with zero attached hydrogens (tertiary/aromatic N) is 1. The molecule has 0 aliphatic carbocycles. The monoisotopic (exact) mass is 415 g/mol. The molecule has 0 N–H and O–H groups in total. The lowest BCUT2D eigenvalue weighted by Crippen LogP contribution is -2.24. The molecule has 1 aliphatic rings. The van der Waals surface area contributed by atoms with Gasteiger partial charge in [-0.1, -0.05) is 47.0 Å². The Balaban J connectivity index is 2.14. The molecular formula is C22H19Cl2NO3. The molecule has 0 aromatic heterocycles. The van der Waals surface area contributed by atoms with Crippen molar-refractivity contribution in [1.82, 2.24) is 0 Å². The van der Waals surface area contributed by atoms with Gasteiger partial charge in [0.1, 0.15) is 0 Å². The maximum absolute atomic E-state index is 13.2.